The molecule has 6 nitrogen and oxygen atoms in total. The lowest BCUT2D eigenvalue weighted by Crippen LogP contribution is -2.14. The number of pyridine rings is 1. The first-order chi connectivity index (χ1) is 7.77. The Morgan fingerprint density at radius 1 is 1.31 bits per heavy atom. The zero-order chi connectivity index (χ0) is 11.4. The van der Waals surface area contributed by atoms with Crippen LogP contribution in [0.5, 0.6) is 0 Å². The molecule has 2 aromatic heterocycles. The molecular weight excluding hydrogens is 206 g/mol. The number of nitrogen functional groups attached to an aromatic ring is 1. The molecule has 0 bridgehead atoms. The molecular formula is C10H9N5O. The summed E-state index contributed by atoms with van der Waals surface area (Å²) in [5.74, 6) is -0.0117. The van der Waals surface area contributed by atoms with Crippen LogP contribution in [0, 0.1) is 0 Å². The van der Waals surface area contributed by atoms with Gasteiger partial charge in [-0.1, -0.05) is 0 Å². The molecule has 2 aromatic rings. The second-order valence-corrected chi connectivity index (χ2v) is 3.02. The maximum Gasteiger partial charge on any atom is 0.260 e. The Kier molecular flexibility index (Phi) is 2.73. The number of carbonyl (C=O) groups excluding carboxylic acids is 1. The van der Waals surface area contributed by atoms with Gasteiger partial charge in [0.1, 0.15) is 6.33 Å². The van der Waals surface area contributed by atoms with Crippen molar-refractivity contribution < 1.29 is 4.79 Å². The van der Waals surface area contributed by atoms with Crippen molar-refractivity contribution in [1.82, 2.24) is 15.0 Å². The molecule has 0 aromatic carbocycles. The number of carbonyl (C=O) groups is 1. The topological polar surface area (TPSA) is 93.8 Å². The van der Waals surface area contributed by atoms with E-state index in [1.165, 1.54) is 18.7 Å². The average Bonchev–Trinajstić information content (AvgIpc) is 2.33. The molecule has 0 aliphatic heterocycles. The summed E-state index contributed by atoms with van der Waals surface area (Å²) in [6.07, 6.45) is 5.74. The summed E-state index contributed by atoms with van der Waals surface area (Å²) >= 11 is 0. The summed E-state index contributed by atoms with van der Waals surface area (Å²) in [7, 11) is 0. The summed E-state index contributed by atoms with van der Waals surface area (Å²) in [4.78, 5) is 23.1. The van der Waals surface area contributed by atoms with Crippen LogP contribution in [0.4, 0.5) is 11.5 Å². The van der Waals surface area contributed by atoms with Crippen molar-refractivity contribution in [2.24, 2.45) is 0 Å². The van der Waals surface area contributed by atoms with E-state index in [1.807, 2.05) is 0 Å². The molecule has 0 saturated carbocycles. The van der Waals surface area contributed by atoms with Crippen molar-refractivity contribution >= 4 is 17.4 Å². The largest absolute Gasteiger partial charge is 0.396 e. The summed E-state index contributed by atoms with van der Waals surface area (Å²) in [5.41, 5.74) is 6.40. The highest BCUT2D eigenvalue weighted by molar-refractivity contribution is 6.04. The Morgan fingerprint density at radius 2 is 2.06 bits per heavy atom. The van der Waals surface area contributed by atoms with Gasteiger partial charge in [-0.15, -0.1) is 0 Å². The third-order valence-electron chi connectivity index (χ3n) is 1.89. The minimum Gasteiger partial charge on any atom is -0.396 e. The average molecular weight is 215 g/mol. The molecule has 2 heterocycles. The minimum absolute atomic E-state index is 0.330. The van der Waals surface area contributed by atoms with E-state index in [0.717, 1.165) is 0 Å². The molecule has 0 radical (unpaired) electrons. The lowest BCUT2D eigenvalue weighted by Gasteiger charge is -2.05. The molecule has 2 rings (SSSR count). The van der Waals surface area contributed by atoms with E-state index < -0.39 is 0 Å². The van der Waals surface area contributed by atoms with Gasteiger partial charge in [-0.25, -0.2) is 15.0 Å². The number of rotatable bonds is 2. The number of nitrogens with two attached hydrogens (primary N) is 1. The van der Waals surface area contributed by atoms with Crippen LogP contribution in [0.3, 0.4) is 0 Å². The molecule has 6 heteroatoms. The first-order valence-electron chi connectivity index (χ1n) is 4.54. The highest BCUT2D eigenvalue weighted by atomic mass is 16.1. The van der Waals surface area contributed by atoms with Crippen molar-refractivity contribution in [2.45, 2.75) is 0 Å². The standard InChI is InChI=1S/C10H9N5O/c11-8-2-1-3-14-9(8)15-10(16)7-4-12-6-13-5-7/h1-6H,11H2,(H,14,15,16). The van der Waals surface area contributed by atoms with Crippen LogP contribution in [-0.4, -0.2) is 20.9 Å². The Labute approximate surface area is 91.6 Å². The molecule has 1 amide bonds. The predicted octanol–water partition coefficient (Wildman–Crippen LogP) is 0.706. The van der Waals surface area contributed by atoms with Crippen molar-refractivity contribution in [1.29, 1.82) is 0 Å². The summed E-state index contributed by atoms with van der Waals surface area (Å²) in [5, 5.41) is 2.57. The molecule has 0 unspecified atom stereocenters. The van der Waals surface area contributed by atoms with Crippen LogP contribution in [-0.2, 0) is 0 Å². The number of hydrogen-bond donors (Lipinski definition) is 2. The van der Waals surface area contributed by atoms with E-state index >= 15 is 0 Å². The van der Waals surface area contributed by atoms with Crippen molar-refractivity contribution in [3.63, 3.8) is 0 Å². The zero-order valence-corrected chi connectivity index (χ0v) is 8.29. The first kappa shape index (κ1) is 10.0. The van der Waals surface area contributed by atoms with E-state index in [-0.39, 0.29) is 5.91 Å². The SMILES string of the molecule is Nc1cccnc1NC(=O)c1cncnc1. The van der Waals surface area contributed by atoms with Crippen LogP contribution in [0.1, 0.15) is 10.4 Å². The van der Waals surface area contributed by atoms with Gasteiger partial charge in [0.15, 0.2) is 5.82 Å². The van der Waals surface area contributed by atoms with Crippen LogP contribution in [0.15, 0.2) is 37.1 Å². The quantitative estimate of drug-likeness (QED) is 0.769. The Morgan fingerprint density at radius 3 is 2.75 bits per heavy atom. The smallest absolute Gasteiger partial charge is 0.260 e. The van der Waals surface area contributed by atoms with Crippen LogP contribution < -0.4 is 11.1 Å². The highest BCUT2D eigenvalue weighted by Crippen LogP contribution is 2.13. The molecule has 3 N–H and O–H groups in total. The monoisotopic (exact) mass is 215 g/mol. The molecule has 0 aliphatic rings. The number of amides is 1. The third-order valence-corrected chi connectivity index (χ3v) is 1.89. The van der Waals surface area contributed by atoms with Gasteiger partial charge in [0.2, 0.25) is 0 Å². The third kappa shape index (κ3) is 2.11. The van der Waals surface area contributed by atoms with Crippen LogP contribution >= 0.6 is 0 Å². The van der Waals surface area contributed by atoms with E-state index in [2.05, 4.69) is 20.3 Å². The Bertz CT molecular complexity index is 500. The van der Waals surface area contributed by atoms with E-state index in [4.69, 9.17) is 5.73 Å². The molecule has 0 fully saturated rings. The molecule has 0 aliphatic carbocycles. The summed E-state index contributed by atoms with van der Waals surface area (Å²) in [6, 6.07) is 3.35. The number of anilines is 2. The molecule has 80 valence electrons. The van der Waals surface area contributed by atoms with Crippen molar-refractivity contribution in [3.05, 3.63) is 42.6 Å². The summed E-state index contributed by atoms with van der Waals surface area (Å²) in [6.45, 7) is 0. The van der Waals surface area contributed by atoms with Gasteiger partial charge in [0.25, 0.3) is 5.91 Å². The summed E-state index contributed by atoms with van der Waals surface area (Å²) < 4.78 is 0. The van der Waals surface area contributed by atoms with Crippen molar-refractivity contribution in [3.8, 4) is 0 Å². The van der Waals surface area contributed by atoms with Gasteiger partial charge in [-0.05, 0) is 12.1 Å². The van der Waals surface area contributed by atoms with Gasteiger partial charge in [0.05, 0.1) is 11.3 Å². The minimum atomic E-state index is -0.342. The van der Waals surface area contributed by atoms with Gasteiger partial charge in [-0.3, -0.25) is 4.79 Å². The van der Waals surface area contributed by atoms with Gasteiger partial charge in [0, 0.05) is 18.6 Å². The number of nitrogens with zero attached hydrogens (tertiary/aromatic N) is 3. The zero-order valence-electron chi connectivity index (χ0n) is 8.29. The van der Waals surface area contributed by atoms with E-state index in [1.54, 1.807) is 18.3 Å². The van der Waals surface area contributed by atoms with Gasteiger partial charge >= 0.3 is 0 Å². The number of nitrogens with one attached hydrogen (secondary N) is 1. The molecule has 0 saturated heterocycles. The second kappa shape index (κ2) is 4.35. The fourth-order valence-corrected chi connectivity index (χ4v) is 1.12. The van der Waals surface area contributed by atoms with Crippen LogP contribution in [0.25, 0.3) is 0 Å². The number of aromatic nitrogens is 3. The van der Waals surface area contributed by atoms with Gasteiger partial charge in [-0.2, -0.15) is 0 Å². The molecule has 16 heavy (non-hydrogen) atoms. The van der Waals surface area contributed by atoms with Gasteiger partial charge < -0.3 is 11.1 Å². The normalized spacial score (nSPS) is 9.75. The first-order valence-corrected chi connectivity index (χ1v) is 4.54. The molecule has 0 spiro atoms. The lowest BCUT2D eigenvalue weighted by atomic mass is 10.3. The molecule has 0 atom stereocenters. The fourth-order valence-electron chi connectivity index (χ4n) is 1.12. The Hall–Kier alpha value is -2.50. The maximum absolute atomic E-state index is 11.7. The number of hydrogen-bond acceptors (Lipinski definition) is 5. The lowest BCUT2D eigenvalue weighted by molar-refractivity contribution is 0.102. The predicted molar refractivity (Wildman–Crippen MR) is 58.6 cm³/mol. The van der Waals surface area contributed by atoms with E-state index in [9.17, 15) is 4.79 Å². The Balaban J connectivity index is 2.18. The van der Waals surface area contributed by atoms with E-state index in [0.29, 0.717) is 17.1 Å². The second-order valence-electron chi connectivity index (χ2n) is 3.02. The van der Waals surface area contributed by atoms with Crippen molar-refractivity contribution in [2.75, 3.05) is 11.1 Å². The highest BCUT2D eigenvalue weighted by Gasteiger charge is 2.08. The van der Waals surface area contributed by atoms with Crippen LogP contribution in [0.2, 0.25) is 0 Å². The fraction of sp³-hybridized carbons (Fsp3) is 0. The maximum atomic E-state index is 11.7.